The van der Waals surface area contributed by atoms with E-state index in [0.717, 1.165) is 5.39 Å². The van der Waals surface area contributed by atoms with Gasteiger partial charge in [-0.05, 0) is 24.3 Å². The summed E-state index contributed by atoms with van der Waals surface area (Å²) >= 11 is 0. The molecule has 30 heavy (non-hydrogen) atoms. The number of rotatable bonds is 8. The molecule has 0 radical (unpaired) electrons. The van der Waals surface area contributed by atoms with Crippen LogP contribution in [0, 0.1) is 0 Å². The number of ether oxygens (including phenoxy) is 1. The Morgan fingerprint density at radius 2 is 1.90 bits per heavy atom. The fourth-order valence-corrected chi connectivity index (χ4v) is 2.85. The molecule has 3 N–H and O–H groups in total. The molecular formula is C21H20N6O3. The van der Waals surface area contributed by atoms with Gasteiger partial charge < -0.3 is 25.1 Å². The number of pyridine rings is 1. The molecule has 0 saturated heterocycles. The highest BCUT2D eigenvalue weighted by Crippen LogP contribution is 2.28. The van der Waals surface area contributed by atoms with Gasteiger partial charge in [0.1, 0.15) is 23.8 Å². The van der Waals surface area contributed by atoms with Gasteiger partial charge in [0.05, 0.1) is 7.11 Å². The van der Waals surface area contributed by atoms with Crippen LogP contribution in [0.3, 0.4) is 0 Å². The predicted molar refractivity (Wildman–Crippen MR) is 113 cm³/mol. The van der Waals surface area contributed by atoms with E-state index in [1.807, 2.05) is 30.3 Å². The van der Waals surface area contributed by atoms with Crippen molar-refractivity contribution in [2.75, 3.05) is 30.8 Å². The molecule has 0 saturated carbocycles. The number of hydrogen-bond acceptors (Lipinski definition) is 8. The Bertz CT molecular complexity index is 1150. The number of para-hydroxylation sites is 1. The smallest absolute Gasteiger partial charge is 0.287 e. The van der Waals surface area contributed by atoms with E-state index in [9.17, 15) is 4.79 Å². The van der Waals surface area contributed by atoms with Crippen LogP contribution in [-0.4, -0.2) is 41.1 Å². The molecule has 0 aliphatic carbocycles. The minimum absolute atomic E-state index is 0.235. The number of hydrogen-bond donors (Lipinski definition) is 3. The first-order chi connectivity index (χ1) is 14.7. The largest absolute Gasteiger partial charge is 0.493 e. The molecule has 0 unspecified atom stereocenters. The Kier molecular flexibility index (Phi) is 5.70. The lowest BCUT2D eigenvalue weighted by Crippen LogP contribution is -2.28. The van der Waals surface area contributed by atoms with Crippen molar-refractivity contribution in [2.24, 2.45) is 0 Å². The van der Waals surface area contributed by atoms with Crippen molar-refractivity contribution in [2.45, 2.75) is 0 Å². The number of methoxy groups -OCH3 is 1. The number of benzene rings is 1. The minimum atomic E-state index is -0.296. The van der Waals surface area contributed by atoms with Crippen LogP contribution in [0.2, 0.25) is 0 Å². The second-order valence-electron chi connectivity index (χ2n) is 6.30. The molecule has 3 aromatic heterocycles. The van der Waals surface area contributed by atoms with Crippen LogP contribution < -0.4 is 20.7 Å². The minimum Gasteiger partial charge on any atom is -0.493 e. The van der Waals surface area contributed by atoms with E-state index < -0.39 is 0 Å². The molecule has 0 atom stereocenters. The number of carbonyl (C=O) groups excluding carboxylic acids is 1. The lowest BCUT2D eigenvalue weighted by atomic mass is 10.2. The van der Waals surface area contributed by atoms with Crippen molar-refractivity contribution in [3.8, 4) is 5.75 Å². The Labute approximate surface area is 172 Å². The van der Waals surface area contributed by atoms with E-state index in [0.29, 0.717) is 41.9 Å². The van der Waals surface area contributed by atoms with Crippen LogP contribution in [0.5, 0.6) is 5.75 Å². The maximum absolute atomic E-state index is 12.4. The summed E-state index contributed by atoms with van der Waals surface area (Å²) in [5, 5.41) is 9.88. The topological polar surface area (TPSA) is 114 Å². The normalized spacial score (nSPS) is 10.6. The molecule has 3 heterocycles. The van der Waals surface area contributed by atoms with E-state index in [4.69, 9.17) is 9.15 Å². The van der Waals surface area contributed by atoms with Gasteiger partial charge in [0, 0.05) is 30.7 Å². The zero-order chi connectivity index (χ0) is 20.8. The van der Waals surface area contributed by atoms with Crippen LogP contribution >= 0.6 is 0 Å². The zero-order valence-corrected chi connectivity index (χ0v) is 16.3. The Morgan fingerprint density at radius 3 is 2.73 bits per heavy atom. The van der Waals surface area contributed by atoms with Crippen LogP contribution in [0.15, 0.2) is 65.5 Å². The summed E-state index contributed by atoms with van der Waals surface area (Å²) in [7, 11) is 1.56. The van der Waals surface area contributed by atoms with Crippen molar-refractivity contribution in [3.63, 3.8) is 0 Å². The van der Waals surface area contributed by atoms with Crippen molar-refractivity contribution in [1.29, 1.82) is 0 Å². The average molecular weight is 404 g/mol. The summed E-state index contributed by atoms with van der Waals surface area (Å²) in [4.78, 5) is 24.9. The number of carbonyl (C=O) groups is 1. The van der Waals surface area contributed by atoms with Gasteiger partial charge in [-0.2, -0.15) is 0 Å². The van der Waals surface area contributed by atoms with E-state index >= 15 is 0 Å². The molecule has 9 heteroatoms. The fraction of sp³-hybridized carbons (Fsp3) is 0.143. The molecule has 9 nitrogen and oxygen atoms in total. The van der Waals surface area contributed by atoms with Crippen molar-refractivity contribution in [1.82, 2.24) is 20.3 Å². The number of nitrogens with zero attached hydrogens (tertiary/aromatic N) is 3. The van der Waals surface area contributed by atoms with Gasteiger partial charge in [-0.1, -0.05) is 18.2 Å². The molecule has 4 aromatic rings. The number of amides is 1. The lowest BCUT2D eigenvalue weighted by Gasteiger charge is -2.08. The van der Waals surface area contributed by atoms with Crippen LogP contribution in [0.1, 0.15) is 10.6 Å². The molecule has 0 fully saturated rings. The third-order valence-corrected chi connectivity index (χ3v) is 4.26. The van der Waals surface area contributed by atoms with Gasteiger partial charge in [0.2, 0.25) is 0 Å². The standard InChI is InChI=1S/C21H20N6O3/c1-29-15-6-4-5-14-11-16(30-20(14)15)21(28)24-10-9-23-18-12-19(26-13-25-18)27-17-7-2-3-8-22-17/h2-8,11-13H,9-10H2,1H3,(H,24,28)(H2,22,23,25,26,27). The van der Waals surface area contributed by atoms with E-state index in [1.165, 1.54) is 6.33 Å². The highest BCUT2D eigenvalue weighted by atomic mass is 16.5. The molecule has 0 spiro atoms. The summed E-state index contributed by atoms with van der Waals surface area (Å²) in [5.41, 5.74) is 0.553. The monoisotopic (exact) mass is 404 g/mol. The third-order valence-electron chi connectivity index (χ3n) is 4.26. The van der Waals surface area contributed by atoms with Gasteiger partial charge >= 0.3 is 0 Å². The average Bonchev–Trinajstić information content (AvgIpc) is 3.22. The SMILES string of the molecule is COc1cccc2cc(C(=O)NCCNc3cc(Nc4ccccn4)ncn3)oc12. The van der Waals surface area contributed by atoms with Crippen molar-refractivity contribution < 1.29 is 13.9 Å². The van der Waals surface area contributed by atoms with E-state index in [-0.39, 0.29) is 11.7 Å². The van der Waals surface area contributed by atoms with E-state index in [1.54, 1.807) is 31.5 Å². The summed E-state index contributed by atoms with van der Waals surface area (Å²) in [5.74, 6) is 2.47. The predicted octanol–water partition coefficient (Wildman–Crippen LogP) is 3.21. The molecule has 0 bridgehead atoms. The maximum atomic E-state index is 12.4. The Morgan fingerprint density at radius 1 is 1.00 bits per heavy atom. The van der Waals surface area contributed by atoms with Crippen LogP contribution in [-0.2, 0) is 0 Å². The quantitative estimate of drug-likeness (QED) is 0.384. The molecule has 1 amide bonds. The molecule has 0 aliphatic rings. The maximum Gasteiger partial charge on any atom is 0.287 e. The number of fused-ring (bicyclic) bond motifs is 1. The first kappa shape index (κ1) is 19.2. The number of nitrogens with one attached hydrogen (secondary N) is 3. The molecule has 4 rings (SSSR count). The van der Waals surface area contributed by atoms with Crippen molar-refractivity contribution in [3.05, 3.63) is 66.8 Å². The van der Waals surface area contributed by atoms with Gasteiger partial charge in [-0.3, -0.25) is 4.79 Å². The second kappa shape index (κ2) is 8.91. The lowest BCUT2D eigenvalue weighted by molar-refractivity contribution is 0.0929. The van der Waals surface area contributed by atoms with Gasteiger partial charge in [0.15, 0.2) is 17.1 Å². The molecule has 0 aliphatic heterocycles. The zero-order valence-electron chi connectivity index (χ0n) is 16.3. The van der Waals surface area contributed by atoms with Gasteiger partial charge in [-0.25, -0.2) is 15.0 Å². The Hall–Kier alpha value is -4.14. The number of aromatic nitrogens is 3. The highest BCUT2D eigenvalue weighted by molar-refractivity contribution is 5.97. The summed E-state index contributed by atoms with van der Waals surface area (Å²) in [6.07, 6.45) is 3.15. The first-order valence-electron chi connectivity index (χ1n) is 9.31. The van der Waals surface area contributed by atoms with Crippen LogP contribution in [0.4, 0.5) is 17.5 Å². The molecule has 152 valence electrons. The Balaban J connectivity index is 1.30. The first-order valence-corrected chi connectivity index (χ1v) is 9.31. The molecular weight excluding hydrogens is 384 g/mol. The number of furan rings is 1. The third kappa shape index (κ3) is 4.46. The van der Waals surface area contributed by atoms with Crippen LogP contribution in [0.25, 0.3) is 11.0 Å². The number of anilines is 3. The summed E-state index contributed by atoms with van der Waals surface area (Å²) in [6.45, 7) is 0.870. The highest BCUT2D eigenvalue weighted by Gasteiger charge is 2.14. The molecule has 1 aromatic carbocycles. The second-order valence-corrected chi connectivity index (χ2v) is 6.30. The van der Waals surface area contributed by atoms with Gasteiger partial charge in [-0.15, -0.1) is 0 Å². The van der Waals surface area contributed by atoms with Gasteiger partial charge in [0.25, 0.3) is 5.91 Å². The summed E-state index contributed by atoms with van der Waals surface area (Å²) < 4.78 is 10.9. The fourth-order valence-electron chi connectivity index (χ4n) is 2.85. The van der Waals surface area contributed by atoms with Crippen molar-refractivity contribution >= 4 is 34.3 Å². The van der Waals surface area contributed by atoms with E-state index in [2.05, 4.69) is 30.9 Å². The summed E-state index contributed by atoms with van der Waals surface area (Å²) in [6, 6.07) is 14.5.